The molecule has 1 atom stereocenters. The fraction of sp³-hybridized carbons (Fsp3) is 0.562. The molecule has 10 heteroatoms. The number of nitrogens with one attached hydrogen (secondary N) is 1. The van der Waals surface area contributed by atoms with Crippen molar-refractivity contribution in [1.29, 1.82) is 0 Å². The molecule has 0 aromatic heterocycles. The highest BCUT2D eigenvalue weighted by molar-refractivity contribution is 7.89. The molecule has 0 saturated carbocycles. The van der Waals surface area contributed by atoms with Gasteiger partial charge in [-0.3, -0.25) is 10.1 Å². The zero-order chi connectivity index (χ0) is 20.1. The average molecular weight is 387 g/mol. The summed E-state index contributed by atoms with van der Waals surface area (Å²) in [5, 5.41) is 23.3. The number of carboxylic acid groups (broad SMARTS) is 1. The number of hydrogen-bond acceptors (Lipinski definition) is 6. The number of sulfonamides is 1. The summed E-state index contributed by atoms with van der Waals surface area (Å²) in [5.41, 5.74) is -0.505. The van der Waals surface area contributed by atoms with Crippen LogP contribution in [0.1, 0.15) is 34.1 Å². The van der Waals surface area contributed by atoms with Crippen molar-refractivity contribution in [3.05, 3.63) is 28.3 Å². The lowest BCUT2D eigenvalue weighted by Gasteiger charge is -2.20. The van der Waals surface area contributed by atoms with Crippen LogP contribution in [0, 0.1) is 16.0 Å². The van der Waals surface area contributed by atoms with Gasteiger partial charge >= 0.3 is 5.97 Å². The van der Waals surface area contributed by atoms with Gasteiger partial charge in [0.15, 0.2) is 0 Å². The lowest BCUT2D eigenvalue weighted by atomic mass is 10.0. The van der Waals surface area contributed by atoms with Crippen molar-refractivity contribution in [2.45, 2.75) is 45.1 Å². The SMILES string of the molecule is CCN(CC)S(=O)(=O)c1ccc(NC(CC(C)C)C(=O)O)c([N+](=O)[O-])c1. The van der Waals surface area contributed by atoms with Crippen LogP contribution >= 0.6 is 0 Å². The van der Waals surface area contributed by atoms with Crippen LogP contribution in [0.4, 0.5) is 11.4 Å². The summed E-state index contributed by atoms with van der Waals surface area (Å²) in [6.07, 6.45) is 0.270. The Labute approximate surface area is 153 Å². The van der Waals surface area contributed by atoms with Gasteiger partial charge in [0.25, 0.3) is 5.69 Å². The first-order chi connectivity index (χ1) is 12.0. The van der Waals surface area contributed by atoms with Crippen molar-refractivity contribution in [2.24, 2.45) is 5.92 Å². The lowest BCUT2D eigenvalue weighted by Crippen LogP contribution is -2.31. The highest BCUT2D eigenvalue weighted by atomic mass is 32.2. The third-order valence-electron chi connectivity index (χ3n) is 3.84. The van der Waals surface area contributed by atoms with E-state index in [0.717, 1.165) is 6.07 Å². The van der Waals surface area contributed by atoms with Crippen molar-refractivity contribution in [3.8, 4) is 0 Å². The van der Waals surface area contributed by atoms with Crippen molar-refractivity contribution in [1.82, 2.24) is 4.31 Å². The third-order valence-corrected chi connectivity index (χ3v) is 5.89. The maximum absolute atomic E-state index is 12.5. The fourth-order valence-corrected chi connectivity index (χ4v) is 4.02. The van der Waals surface area contributed by atoms with Crippen LogP contribution < -0.4 is 5.32 Å². The van der Waals surface area contributed by atoms with E-state index in [1.807, 2.05) is 13.8 Å². The molecule has 0 heterocycles. The molecule has 0 aliphatic rings. The van der Waals surface area contributed by atoms with Crippen LogP contribution in [-0.4, -0.2) is 47.9 Å². The Kier molecular flexibility index (Phi) is 7.52. The predicted octanol–water partition coefficient (Wildman–Crippen LogP) is 2.54. The van der Waals surface area contributed by atoms with E-state index in [4.69, 9.17) is 0 Å². The number of carboxylic acids is 1. The number of hydrogen-bond donors (Lipinski definition) is 2. The zero-order valence-electron chi connectivity index (χ0n) is 15.3. The number of nitro benzene ring substituents is 1. The Bertz CT molecular complexity index is 759. The minimum atomic E-state index is -3.85. The minimum absolute atomic E-state index is 0.0263. The van der Waals surface area contributed by atoms with Crippen molar-refractivity contribution < 1.29 is 23.2 Å². The van der Waals surface area contributed by atoms with Gasteiger partial charge in [0.1, 0.15) is 11.7 Å². The number of nitro groups is 1. The molecule has 0 bridgehead atoms. The van der Waals surface area contributed by atoms with Crippen LogP contribution in [0.25, 0.3) is 0 Å². The zero-order valence-corrected chi connectivity index (χ0v) is 16.1. The second-order valence-electron chi connectivity index (χ2n) is 6.19. The van der Waals surface area contributed by atoms with Gasteiger partial charge in [-0.05, 0) is 24.5 Å². The predicted molar refractivity (Wildman–Crippen MR) is 97.7 cm³/mol. The lowest BCUT2D eigenvalue weighted by molar-refractivity contribution is -0.384. The van der Waals surface area contributed by atoms with E-state index in [0.29, 0.717) is 0 Å². The van der Waals surface area contributed by atoms with Gasteiger partial charge in [0.05, 0.1) is 9.82 Å². The van der Waals surface area contributed by atoms with E-state index in [2.05, 4.69) is 5.32 Å². The summed E-state index contributed by atoms with van der Waals surface area (Å²) >= 11 is 0. The van der Waals surface area contributed by atoms with E-state index in [1.54, 1.807) is 13.8 Å². The molecule has 1 unspecified atom stereocenters. The van der Waals surface area contributed by atoms with E-state index in [-0.39, 0.29) is 36.0 Å². The monoisotopic (exact) mass is 387 g/mol. The quantitative estimate of drug-likeness (QED) is 0.466. The summed E-state index contributed by atoms with van der Waals surface area (Å²) in [7, 11) is -3.85. The van der Waals surface area contributed by atoms with Crippen molar-refractivity contribution in [3.63, 3.8) is 0 Å². The highest BCUT2D eigenvalue weighted by Crippen LogP contribution is 2.30. The van der Waals surface area contributed by atoms with Crippen molar-refractivity contribution in [2.75, 3.05) is 18.4 Å². The third kappa shape index (κ3) is 5.15. The fourth-order valence-electron chi connectivity index (χ4n) is 2.54. The van der Waals surface area contributed by atoms with Crippen molar-refractivity contribution >= 4 is 27.4 Å². The van der Waals surface area contributed by atoms with Crippen LogP contribution in [0.3, 0.4) is 0 Å². The largest absolute Gasteiger partial charge is 0.480 e. The molecule has 0 amide bonds. The summed E-state index contributed by atoms with van der Waals surface area (Å²) in [6.45, 7) is 7.51. The normalized spacial score (nSPS) is 13.0. The molecule has 2 N–H and O–H groups in total. The van der Waals surface area contributed by atoms with Crippen LogP contribution in [0.5, 0.6) is 0 Å². The molecule has 0 aliphatic carbocycles. The molecular weight excluding hydrogens is 362 g/mol. The van der Waals surface area contributed by atoms with Gasteiger partial charge in [0, 0.05) is 19.2 Å². The van der Waals surface area contributed by atoms with Crippen LogP contribution in [0.15, 0.2) is 23.1 Å². The van der Waals surface area contributed by atoms with Gasteiger partial charge in [-0.2, -0.15) is 4.31 Å². The van der Waals surface area contributed by atoms with Crippen LogP contribution in [0.2, 0.25) is 0 Å². The molecule has 1 aromatic carbocycles. The van der Waals surface area contributed by atoms with Gasteiger partial charge < -0.3 is 10.4 Å². The summed E-state index contributed by atoms with van der Waals surface area (Å²) < 4.78 is 26.3. The minimum Gasteiger partial charge on any atom is -0.480 e. The van der Waals surface area contributed by atoms with Gasteiger partial charge in [-0.1, -0.05) is 27.7 Å². The molecule has 0 radical (unpaired) electrons. The Morgan fingerprint density at radius 2 is 1.88 bits per heavy atom. The van der Waals surface area contributed by atoms with E-state index in [1.165, 1.54) is 16.4 Å². The molecule has 146 valence electrons. The van der Waals surface area contributed by atoms with E-state index >= 15 is 0 Å². The molecule has 1 rings (SSSR count). The standard InChI is InChI=1S/C16H25N3O6S/c1-5-18(6-2)26(24,25)12-7-8-13(15(10-12)19(22)23)17-14(16(20)21)9-11(3)4/h7-8,10-11,14,17H,5-6,9H2,1-4H3,(H,20,21). The first kappa shape index (κ1) is 21.8. The molecule has 0 saturated heterocycles. The Morgan fingerprint density at radius 1 is 1.31 bits per heavy atom. The molecule has 26 heavy (non-hydrogen) atoms. The number of anilines is 1. The summed E-state index contributed by atoms with van der Waals surface area (Å²) in [5.74, 6) is -1.07. The molecular formula is C16H25N3O6S. The summed E-state index contributed by atoms with van der Waals surface area (Å²) in [6, 6.07) is 2.44. The maximum atomic E-state index is 12.5. The topological polar surface area (TPSA) is 130 Å². The second kappa shape index (κ2) is 8.95. The second-order valence-corrected chi connectivity index (χ2v) is 8.13. The average Bonchev–Trinajstić information content (AvgIpc) is 2.54. The maximum Gasteiger partial charge on any atom is 0.326 e. The number of carbonyl (C=O) groups is 1. The number of rotatable bonds is 10. The van der Waals surface area contributed by atoms with Crippen LogP contribution in [-0.2, 0) is 14.8 Å². The molecule has 0 aliphatic heterocycles. The number of aliphatic carboxylic acids is 1. The molecule has 9 nitrogen and oxygen atoms in total. The van der Waals surface area contributed by atoms with E-state index in [9.17, 15) is 28.4 Å². The number of benzene rings is 1. The first-order valence-corrected chi connectivity index (χ1v) is 9.76. The molecule has 0 fully saturated rings. The highest BCUT2D eigenvalue weighted by Gasteiger charge is 2.27. The number of nitrogens with zero attached hydrogens (tertiary/aromatic N) is 2. The Balaban J connectivity index is 3.33. The van der Waals surface area contributed by atoms with Gasteiger partial charge in [0.2, 0.25) is 10.0 Å². The molecule has 1 aromatic rings. The Morgan fingerprint density at radius 3 is 2.31 bits per heavy atom. The smallest absolute Gasteiger partial charge is 0.326 e. The summed E-state index contributed by atoms with van der Waals surface area (Å²) in [4.78, 5) is 21.8. The first-order valence-electron chi connectivity index (χ1n) is 8.32. The van der Waals surface area contributed by atoms with Gasteiger partial charge in [-0.15, -0.1) is 0 Å². The van der Waals surface area contributed by atoms with Gasteiger partial charge in [-0.25, -0.2) is 13.2 Å². The molecule has 0 spiro atoms. The van der Waals surface area contributed by atoms with E-state index < -0.39 is 32.6 Å². The Hall–Kier alpha value is -2.20.